The Hall–Kier alpha value is -3.45. The number of rotatable bonds is 9. The highest BCUT2D eigenvalue weighted by molar-refractivity contribution is 5.91. The molecule has 0 spiro atoms. The van der Waals surface area contributed by atoms with Crippen LogP contribution in [0.1, 0.15) is 40.9 Å². The summed E-state index contributed by atoms with van der Waals surface area (Å²) in [5.41, 5.74) is 2.27. The molecule has 1 fully saturated rings. The molecule has 1 aromatic heterocycles. The standard InChI is InChI=1S/C26H30N4O3/c31-25-14-13-24(28-30(25)17-18-33-23-11-3-1-4-12-23)26(32)27-19-21-9-5-6-10-22(21)20-29-15-7-2-8-16-29/h1,3-6,9-14H,2,7-8,15-20H2,(H,27,32). The normalized spacial score (nSPS) is 14.1. The molecule has 3 aromatic rings. The van der Waals surface area contributed by atoms with E-state index in [1.165, 1.54) is 41.6 Å². The molecule has 1 amide bonds. The van der Waals surface area contributed by atoms with Gasteiger partial charge in [0.05, 0.1) is 6.54 Å². The number of nitrogens with zero attached hydrogens (tertiary/aromatic N) is 3. The van der Waals surface area contributed by atoms with E-state index in [9.17, 15) is 9.59 Å². The fourth-order valence-corrected chi connectivity index (χ4v) is 4.01. The Morgan fingerprint density at radius 1 is 0.909 bits per heavy atom. The van der Waals surface area contributed by atoms with Crippen molar-refractivity contribution in [3.05, 3.63) is 93.9 Å². The number of benzene rings is 2. The molecule has 7 nitrogen and oxygen atoms in total. The number of para-hydroxylation sites is 1. The molecule has 1 N–H and O–H groups in total. The van der Waals surface area contributed by atoms with Gasteiger partial charge in [-0.15, -0.1) is 0 Å². The van der Waals surface area contributed by atoms with Gasteiger partial charge < -0.3 is 10.1 Å². The zero-order valence-corrected chi connectivity index (χ0v) is 18.8. The number of hydrogen-bond acceptors (Lipinski definition) is 5. The van der Waals surface area contributed by atoms with Crippen molar-refractivity contribution in [2.24, 2.45) is 0 Å². The maximum Gasteiger partial charge on any atom is 0.271 e. The molecule has 4 rings (SSSR count). The first kappa shape index (κ1) is 22.7. The first-order valence-corrected chi connectivity index (χ1v) is 11.5. The van der Waals surface area contributed by atoms with Gasteiger partial charge in [0.15, 0.2) is 0 Å². The molecule has 2 aromatic carbocycles. The molecule has 1 aliphatic heterocycles. The summed E-state index contributed by atoms with van der Waals surface area (Å²) in [6.07, 6.45) is 3.80. The average molecular weight is 447 g/mol. The highest BCUT2D eigenvalue weighted by Crippen LogP contribution is 2.16. The van der Waals surface area contributed by atoms with Gasteiger partial charge in [0.1, 0.15) is 18.1 Å². The van der Waals surface area contributed by atoms with Crippen LogP contribution in [-0.4, -0.2) is 40.3 Å². The molecule has 33 heavy (non-hydrogen) atoms. The van der Waals surface area contributed by atoms with Gasteiger partial charge in [-0.05, 0) is 55.3 Å². The minimum absolute atomic E-state index is 0.211. The smallest absolute Gasteiger partial charge is 0.271 e. The van der Waals surface area contributed by atoms with E-state index < -0.39 is 0 Å². The van der Waals surface area contributed by atoms with Crippen LogP contribution in [0.2, 0.25) is 0 Å². The Kier molecular flexibility index (Phi) is 7.87. The fraction of sp³-hybridized carbons (Fsp3) is 0.346. The number of ether oxygens (including phenoxy) is 1. The molecule has 0 radical (unpaired) electrons. The SMILES string of the molecule is O=C(NCc1ccccc1CN1CCCCC1)c1ccc(=O)n(CCOc2ccccc2)n1. The third-order valence-corrected chi connectivity index (χ3v) is 5.81. The Morgan fingerprint density at radius 2 is 1.64 bits per heavy atom. The maximum absolute atomic E-state index is 12.7. The monoisotopic (exact) mass is 446 g/mol. The van der Waals surface area contributed by atoms with E-state index in [2.05, 4.69) is 27.4 Å². The first-order valence-electron chi connectivity index (χ1n) is 11.5. The zero-order chi connectivity index (χ0) is 22.9. The Labute approximate surface area is 194 Å². The van der Waals surface area contributed by atoms with Crippen molar-refractivity contribution >= 4 is 5.91 Å². The van der Waals surface area contributed by atoms with E-state index in [0.717, 1.165) is 30.9 Å². The average Bonchev–Trinajstić information content (AvgIpc) is 2.86. The van der Waals surface area contributed by atoms with Crippen LogP contribution in [0.25, 0.3) is 0 Å². The summed E-state index contributed by atoms with van der Waals surface area (Å²) in [6, 6.07) is 20.4. The molecular formula is C26H30N4O3. The fourth-order valence-electron chi connectivity index (χ4n) is 4.01. The highest BCUT2D eigenvalue weighted by Gasteiger charge is 2.14. The van der Waals surface area contributed by atoms with Crippen LogP contribution in [0.4, 0.5) is 0 Å². The number of piperidine rings is 1. The highest BCUT2D eigenvalue weighted by atomic mass is 16.5. The lowest BCUT2D eigenvalue weighted by Gasteiger charge is -2.27. The summed E-state index contributed by atoms with van der Waals surface area (Å²) in [5.74, 6) is 0.420. The lowest BCUT2D eigenvalue weighted by Crippen LogP contribution is -2.31. The van der Waals surface area contributed by atoms with Crippen LogP contribution in [0, 0.1) is 0 Å². The molecule has 1 aliphatic rings. The lowest BCUT2D eigenvalue weighted by molar-refractivity contribution is 0.0942. The lowest BCUT2D eigenvalue weighted by atomic mass is 10.0. The summed E-state index contributed by atoms with van der Waals surface area (Å²) in [4.78, 5) is 27.4. The van der Waals surface area contributed by atoms with E-state index in [1.807, 2.05) is 42.5 Å². The number of aromatic nitrogens is 2. The molecule has 2 heterocycles. The molecule has 0 atom stereocenters. The molecule has 0 aliphatic carbocycles. The Bertz CT molecular complexity index is 1110. The molecule has 0 unspecified atom stereocenters. The summed E-state index contributed by atoms with van der Waals surface area (Å²) < 4.78 is 6.91. The number of carbonyl (C=O) groups is 1. The van der Waals surface area contributed by atoms with Crippen molar-refractivity contribution in [3.8, 4) is 5.75 Å². The largest absolute Gasteiger partial charge is 0.492 e. The quantitative estimate of drug-likeness (QED) is 0.546. The Morgan fingerprint density at radius 3 is 2.42 bits per heavy atom. The van der Waals surface area contributed by atoms with Gasteiger partial charge in [0.2, 0.25) is 0 Å². The first-order chi connectivity index (χ1) is 16.2. The maximum atomic E-state index is 12.7. The van der Waals surface area contributed by atoms with Crippen molar-refractivity contribution in [1.82, 2.24) is 20.0 Å². The van der Waals surface area contributed by atoms with Gasteiger partial charge in [-0.1, -0.05) is 48.9 Å². The zero-order valence-electron chi connectivity index (χ0n) is 18.8. The minimum Gasteiger partial charge on any atom is -0.492 e. The van der Waals surface area contributed by atoms with Gasteiger partial charge in [0.25, 0.3) is 11.5 Å². The van der Waals surface area contributed by atoms with E-state index in [0.29, 0.717) is 6.54 Å². The second kappa shape index (κ2) is 11.4. The van der Waals surface area contributed by atoms with Crippen LogP contribution in [0.15, 0.2) is 71.5 Å². The van der Waals surface area contributed by atoms with Crippen LogP contribution < -0.4 is 15.6 Å². The second-order valence-corrected chi connectivity index (χ2v) is 8.23. The summed E-state index contributed by atoms with van der Waals surface area (Å²) >= 11 is 0. The van der Waals surface area contributed by atoms with Crippen molar-refractivity contribution in [1.29, 1.82) is 0 Å². The van der Waals surface area contributed by atoms with Crippen LogP contribution >= 0.6 is 0 Å². The van der Waals surface area contributed by atoms with Gasteiger partial charge in [-0.3, -0.25) is 14.5 Å². The van der Waals surface area contributed by atoms with E-state index >= 15 is 0 Å². The number of carbonyl (C=O) groups excluding carboxylic acids is 1. The Balaban J connectivity index is 1.35. The van der Waals surface area contributed by atoms with Crippen molar-refractivity contribution in [2.75, 3.05) is 19.7 Å². The number of likely N-dealkylation sites (tertiary alicyclic amines) is 1. The minimum atomic E-state index is -0.305. The molecular weight excluding hydrogens is 416 g/mol. The van der Waals surface area contributed by atoms with E-state index in [4.69, 9.17) is 4.74 Å². The van der Waals surface area contributed by atoms with Crippen LogP contribution in [0.3, 0.4) is 0 Å². The molecule has 172 valence electrons. The summed E-state index contributed by atoms with van der Waals surface area (Å²) in [6.45, 7) is 4.11. The summed E-state index contributed by atoms with van der Waals surface area (Å²) in [7, 11) is 0. The number of amides is 1. The van der Waals surface area contributed by atoms with Gasteiger partial charge in [-0.25, -0.2) is 4.68 Å². The molecule has 0 bridgehead atoms. The van der Waals surface area contributed by atoms with Crippen molar-refractivity contribution in [2.45, 2.75) is 38.9 Å². The van der Waals surface area contributed by atoms with E-state index in [1.54, 1.807) is 0 Å². The summed E-state index contributed by atoms with van der Waals surface area (Å²) in [5, 5.41) is 7.19. The predicted molar refractivity (Wildman–Crippen MR) is 127 cm³/mol. The van der Waals surface area contributed by atoms with Crippen LogP contribution in [-0.2, 0) is 19.6 Å². The van der Waals surface area contributed by atoms with Gasteiger partial charge >= 0.3 is 0 Å². The van der Waals surface area contributed by atoms with Crippen molar-refractivity contribution in [3.63, 3.8) is 0 Å². The molecule has 0 saturated carbocycles. The van der Waals surface area contributed by atoms with Gasteiger partial charge in [-0.2, -0.15) is 5.10 Å². The van der Waals surface area contributed by atoms with Crippen molar-refractivity contribution < 1.29 is 9.53 Å². The topological polar surface area (TPSA) is 76.5 Å². The van der Waals surface area contributed by atoms with Gasteiger partial charge in [0, 0.05) is 19.2 Å². The molecule has 7 heteroatoms. The molecule has 1 saturated heterocycles. The third kappa shape index (κ3) is 6.52. The predicted octanol–water partition coefficient (Wildman–Crippen LogP) is 3.24. The second-order valence-electron chi connectivity index (χ2n) is 8.23. The number of nitrogens with one attached hydrogen (secondary N) is 1. The third-order valence-electron chi connectivity index (χ3n) is 5.81. The van der Waals surface area contributed by atoms with Crippen LogP contribution in [0.5, 0.6) is 5.75 Å². The number of hydrogen-bond donors (Lipinski definition) is 1. The van der Waals surface area contributed by atoms with E-state index in [-0.39, 0.29) is 30.3 Å².